The molecule has 0 aromatic carbocycles. The summed E-state index contributed by atoms with van der Waals surface area (Å²) in [7, 11) is 0. The van der Waals surface area contributed by atoms with Gasteiger partial charge in [0.1, 0.15) is 0 Å². The highest BCUT2D eigenvalue weighted by molar-refractivity contribution is 5.79. The molecule has 1 saturated carbocycles. The minimum Gasteiger partial charge on any atom is -0.480 e. The molecular formula is C15H25NO7. The maximum absolute atomic E-state index is 11.9. The highest BCUT2D eigenvalue weighted by Crippen LogP contribution is 2.24. The van der Waals surface area contributed by atoms with E-state index in [9.17, 15) is 14.4 Å². The minimum atomic E-state index is -1.40. The number of esters is 1. The molecule has 0 saturated heterocycles. The topological polar surface area (TPSA) is 122 Å². The predicted octanol–water partition coefficient (Wildman–Crippen LogP) is 0.918. The van der Waals surface area contributed by atoms with Crippen LogP contribution < -0.4 is 5.32 Å². The number of amides is 1. The van der Waals surface area contributed by atoms with Crippen molar-refractivity contribution in [3.63, 3.8) is 0 Å². The highest BCUT2D eigenvalue weighted by Gasteiger charge is 2.23. The van der Waals surface area contributed by atoms with Crippen LogP contribution in [-0.2, 0) is 19.1 Å². The second-order valence-electron chi connectivity index (χ2n) is 5.89. The van der Waals surface area contributed by atoms with Gasteiger partial charge in [-0.05, 0) is 12.8 Å². The van der Waals surface area contributed by atoms with Crippen LogP contribution in [-0.4, -0.2) is 54.1 Å². The van der Waals surface area contributed by atoms with Crippen molar-refractivity contribution < 1.29 is 34.1 Å². The predicted molar refractivity (Wildman–Crippen MR) is 79.7 cm³/mol. The van der Waals surface area contributed by atoms with Crippen molar-refractivity contribution in [3.05, 3.63) is 0 Å². The van der Waals surface area contributed by atoms with Gasteiger partial charge in [-0.2, -0.15) is 0 Å². The van der Waals surface area contributed by atoms with E-state index in [0.717, 1.165) is 32.1 Å². The largest absolute Gasteiger partial charge is 0.480 e. The molecule has 8 nitrogen and oxygen atoms in total. The third-order valence-electron chi connectivity index (χ3n) is 3.72. The normalized spacial score (nSPS) is 17.8. The minimum absolute atomic E-state index is 0.0124. The Kier molecular flexibility index (Phi) is 8.39. The van der Waals surface area contributed by atoms with Gasteiger partial charge in [-0.1, -0.05) is 26.2 Å². The van der Waals surface area contributed by atoms with Gasteiger partial charge in [0, 0.05) is 5.92 Å². The van der Waals surface area contributed by atoms with Gasteiger partial charge in [0.25, 0.3) is 0 Å². The van der Waals surface area contributed by atoms with Crippen LogP contribution >= 0.6 is 0 Å². The first-order chi connectivity index (χ1) is 10.9. The monoisotopic (exact) mass is 331 g/mol. The number of alkyl carbamates (subject to hydrolysis) is 1. The van der Waals surface area contributed by atoms with Gasteiger partial charge in [-0.3, -0.25) is 4.79 Å². The number of nitrogens with one attached hydrogen (secondary N) is 1. The summed E-state index contributed by atoms with van der Waals surface area (Å²) < 4.78 is 10.1. The van der Waals surface area contributed by atoms with Crippen LogP contribution in [0.1, 0.15) is 39.0 Å². The zero-order valence-corrected chi connectivity index (χ0v) is 13.3. The zero-order chi connectivity index (χ0) is 17.2. The average molecular weight is 331 g/mol. The second kappa shape index (κ2) is 10.0. The van der Waals surface area contributed by atoms with Crippen molar-refractivity contribution in [2.45, 2.75) is 45.1 Å². The van der Waals surface area contributed by atoms with Crippen LogP contribution in [0.4, 0.5) is 4.79 Å². The third kappa shape index (κ3) is 7.32. The fraction of sp³-hybridized carbons (Fsp3) is 0.800. The lowest BCUT2D eigenvalue weighted by Gasteiger charge is -2.21. The fourth-order valence-electron chi connectivity index (χ4n) is 2.32. The molecule has 0 aromatic rings. The SMILES string of the molecule is CC(COC(=O)N[C@H](CO)C(=O)O)COC(=O)C1CCCCC1. The number of aliphatic carboxylic acids is 1. The summed E-state index contributed by atoms with van der Waals surface area (Å²) >= 11 is 0. The first kappa shape index (κ1) is 19.2. The number of aliphatic hydroxyl groups is 1. The van der Waals surface area contributed by atoms with Crippen molar-refractivity contribution in [2.75, 3.05) is 19.8 Å². The molecule has 8 heteroatoms. The number of carboxylic acids is 1. The van der Waals surface area contributed by atoms with E-state index in [2.05, 4.69) is 0 Å². The number of carboxylic acid groups (broad SMARTS) is 1. The first-order valence-electron chi connectivity index (χ1n) is 7.87. The molecule has 0 aliphatic heterocycles. The Hall–Kier alpha value is -1.83. The molecule has 0 aromatic heterocycles. The summed E-state index contributed by atoms with van der Waals surface area (Å²) in [5.41, 5.74) is 0. The number of aliphatic hydroxyl groups excluding tert-OH is 1. The Balaban J connectivity index is 2.20. The van der Waals surface area contributed by atoms with Gasteiger partial charge in [-0.25, -0.2) is 9.59 Å². The molecule has 1 aliphatic rings. The number of hydrogen-bond acceptors (Lipinski definition) is 6. The molecule has 0 radical (unpaired) electrons. The summed E-state index contributed by atoms with van der Waals surface area (Å²) in [4.78, 5) is 33.9. The Morgan fingerprint density at radius 1 is 1.13 bits per heavy atom. The lowest BCUT2D eigenvalue weighted by atomic mass is 9.89. The first-order valence-corrected chi connectivity index (χ1v) is 7.87. The van der Waals surface area contributed by atoms with Gasteiger partial charge in [-0.15, -0.1) is 0 Å². The molecular weight excluding hydrogens is 306 g/mol. The van der Waals surface area contributed by atoms with E-state index >= 15 is 0 Å². The van der Waals surface area contributed by atoms with Crippen LogP contribution in [0, 0.1) is 11.8 Å². The Morgan fingerprint density at radius 3 is 2.30 bits per heavy atom. The average Bonchev–Trinajstić information content (AvgIpc) is 2.56. The summed E-state index contributed by atoms with van der Waals surface area (Å²) in [5, 5.41) is 19.5. The van der Waals surface area contributed by atoms with E-state index in [-0.39, 0.29) is 31.0 Å². The van der Waals surface area contributed by atoms with Crippen molar-refractivity contribution >= 4 is 18.0 Å². The van der Waals surface area contributed by atoms with E-state index < -0.39 is 24.7 Å². The molecule has 2 atom stereocenters. The van der Waals surface area contributed by atoms with Crippen LogP contribution in [0.2, 0.25) is 0 Å². The quantitative estimate of drug-likeness (QED) is 0.565. The highest BCUT2D eigenvalue weighted by atomic mass is 16.6. The molecule has 0 spiro atoms. The molecule has 1 amide bonds. The van der Waals surface area contributed by atoms with Crippen molar-refractivity contribution in [1.82, 2.24) is 5.32 Å². The summed E-state index contributed by atoms with van der Waals surface area (Å²) in [5.74, 6) is -1.78. The van der Waals surface area contributed by atoms with Crippen LogP contribution in [0.3, 0.4) is 0 Å². The lowest BCUT2D eigenvalue weighted by molar-refractivity contribution is -0.151. The van der Waals surface area contributed by atoms with E-state index in [0.29, 0.717) is 0 Å². The van der Waals surface area contributed by atoms with Gasteiger partial charge in [0.15, 0.2) is 6.04 Å². The van der Waals surface area contributed by atoms with Crippen molar-refractivity contribution in [1.29, 1.82) is 0 Å². The van der Waals surface area contributed by atoms with Crippen LogP contribution in [0.25, 0.3) is 0 Å². The number of rotatable bonds is 8. The maximum atomic E-state index is 11.9. The van der Waals surface area contributed by atoms with E-state index in [4.69, 9.17) is 19.7 Å². The number of hydrogen-bond donors (Lipinski definition) is 3. The molecule has 0 bridgehead atoms. The molecule has 1 unspecified atom stereocenters. The van der Waals surface area contributed by atoms with Crippen molar-refractivity contribution in [3.8, 4) is 0 Å². The molecule has 3 N–H and O–H groups in total. The van der Waals surface area contributed by atoms with Gasteiger partial charge >= 0.3 is 18.0 Å². The Bertz CT molecular complexity index is 407. The summed E-state index contributed by atoms with van der Waals surface area (Å²) in [6, 6.07) is -1.40. The van der Waals surface area contributed by atoms with E-state index in [1.54, 1.807) is 6.92 Å². The van der Waals surface area contributed by atoms with Gasteiger partial charge < -0.3 is 25.0 Å². The summed E-state index contributed by atoms with van der Waals surface area (Å²) in [6.07, 6.45) is 4.06. The lowest BCUT2D eigenvalue weighted by Crippen LogP contribution is -2.44. The molecule has 23 heavy (non-hydrogen) atoms. The van der Waals surface area contributed by atoms with Crippen molar-refractivity contribution in [2.24, 2.45) is 11.8 Å². The molecule has 1 aliphatic carbocycles. The fourth-order valence-corrected chi connectivity index (χ4v) is 2.32. The second-order valence-corrected chi connectivity index (χ2v) is 5.89. The number of carbonyl (C=O) groups excluding carboxylic acids is 2. The molecule has 132 valence electrons. The van der Waals surface area contributed by atoms with E-state index in [1.165, 1.54) is 0 Å². The molecule has 0 heterocycles. The standard InChI is InChI=1S/C15H25NO7/c1-10(8-22-14(20)11-5-3-2-4-6-11)9-23-15(21)16-12(7-17)13(18)19/h10-12,17H,2-9H2,1H3,(H,16,21)(H,18,19)/t10?,12-/m1/s1. The Morgan fingerprint density at radius 2 is 1.74 bits per heavy atom. The van der Waals surface area contributed by atoms with E-state index in [1.807, 2.05) is 5.32 Å². The smallest absolute Gasteiger partial charge is 0.407 e. The van der Waals surface area contributed by atoms with Crippen LogP contribution in [0.15, 0.2) is 0 Å². The number of ether oxygens (including phenoxy) is 2. The van der Waals surface area contributed by atoms with Gasteiger partial charge in [0.05, 0.1) is 25.7 Å². The Labute approximate surface area is 135 Å². The zero-order valence-electron chi connectivity index (χ0n) is 13.3. The van der Waals surface area contributed by atoms with Gasteiger partial charge in [0.2, 0.25) is 0 Å². The third-order valence-corrected chi connectivity index (χ3v) is 3.72. The number of carbonyl (C=O) groups is 3. The molecule has 1 rings (SSSR count). The van der Waals surface area contributed by atoms with Crippen LogP contribution in [0.5, 0.6) is 0 Å². The molecule has 1 fully saturated rings. The maximum Gasteiger partial charge on any atom is 0.407 e. The summed E-state index contributed by atoms with van der Waals surface area (Å²) in [6.45, 7) is 1.16.